The van der Waals surface area contributed by atoms with Crippen LogP contribution in [0, 0.1) is 5.82 Å². The Labute approximate surface area is 154 Å². The number of fused-ring (bicyclic) bond motifs is 1. The number of halogens is 1. The Morgan fingerprint density at radius 3 is 2.35 bits per heavy atom. The van der Waals surface area contributed by atoms with Crippen LogP contribution in [0.1, 0.15) is 15.9 Å². The second-order valence-corrected chi connectivity index (χ2v) is 6.01. The standard InChI is InChI=1S/C19H16FN3O2S/c20-15-7-5-12(6-8-15)11-21-19(26)23-22-18(25)16-9-13-3-1-2-4-14(13)10-17(16)24/h1-10,24H,11H2,(H,22,25)(H2,21,23,26). The van der Waals surface area contributed by atoms with Crippen molar-refractivity contribution in [3.8, 4) is 5.75 Å². The van der Waals surface area contributed by atoms with Gasteiger partial charge in [-0.15, -0.1) is 0 Å². The molecule has 0 aliphatic carbocycles. The Kier molecular flexibility index (Phi) is 5.28. The maximum atomic E-state index is 12.9. The Balaban J connectivity index is 1.57. The number of phenols is 1. The van der Waals surface area contributed by atoms with Crippen LogP contribution >= 0.6 is 12.2 Å². The number of hydrogen-bond donors (Lipinski definition) is 4. The molecule has 0 saturated heterocycles. The summed E-state index contributed by atoms with van der Waals surface area (Å²) in [4.78, 5) is 12.3. The van der Waals surface area contributed by atoms with E-state index < -0.39 is 5.91 Å². The maximum absolute atomic E-state index is 12.9. The number of rotatable bonds is 3. The van der Waals surface area contributed by atoms with Crippen molar-refractivity contribution in [2.45, 2.75) is 6.54 Å². The molecule has 0 bridgehead atoms. The molecule has 0 aliphatic rings. The first-order valence-corrected chi connectivity index (χ1v) is 8.24. The van der Waals surface area contributed by atoms with Gasteiger partial charge in [0, 0.05) is 6.54 Å². The predicted molar refractivity (Wildman–Crippen MR) is 102 cm³/mol. The summed E-state index contributed by atoms with van der Waals surface area (Å²) >= 11 is 5.08. The van der Waals surface area contributed by atoms with E-state index in [0.717, 1.165) is 16.3 Å². The lowest BCUT2D eigenvalue weighted by Crippen LogP contribution is -2.46. The smallest absolute Gasteiger partial charge is 0.273 e. The van der Waals surface area contributed by atoms with Crippen LogP contribution in [0.3, 0.4) is 0 Å². The number of nitrogens with one attached hydrogen (secondary N) is 3. The molecule has 3 rings (SSSR count). The van der Waals surface area contributed by atoms with Crippen molar-refractivity contribution in [3.63, 3.8) is 0 Å². The van der Waals surface area contributed by atoms with Gasteiger partial charge in [0.2, 0.25) is 0 Å². The van der Waals surface area contributed by atoms with Crippen LogP contribution in [0.25, 0.3) is 10.8 Å². The molecule has 26 heavy (non-hydrogen) atoms. The summed E-state index contributed by atoms with van der Waals surface area (Å²) in [5.41, 5.74) is 5.99. The molecule has 132 valence electrons. The molecule has 0 aromatic heterocycles. The molecule has 0 unspecified atom stereocenters. The first-order chi connectivity index (χ1) is 12.5. The van der Waals surface area contributed by atoms with Gasteiger partial charge < -0.3 is 10.4 Å². The zero-order valence-electron chi connectivity index (χ0n) is 13.6. The largest absolute Gasteiger partial charge is 0.507 e. The summed E-state index contributed by atoms with van der Waals surface area (Å²) in [6, 6.07) is 16.5. The first kappa shape index (κ1) is 17.6. The third-order valence-electron chi connectivity index (χ3n) is 3.76. The van der Waals surface area contributed by atoms with Crippen molar-refractivity contribution in [2.75, 3.05) is 0 Å². The third-order valence-corrected chi connectivity index (χ3v) is 4.01. The molecule has 5 nitrogen and oxygen atoms in total. The van der Waals surface area contributed by atoms with Crippen molar-refractivity contribution in [2.24, 2.45) is 0 Å². The lowest BCUT2D eigenvalue weighted by Gasteiger charge is -2.12. The zero-order valence-corrected chi connectivity index (χ0v) is 14.4. The van der Waals surface area contributed by atoms with Gasteiger partial charge in [-0.25, -0.2) is 4.39 Å². The van der Waals surface area contributed by atoms with Gasteiger partial charge in [0.15, 0.2) is 5.11 Å². The van der Waals surface area contributed by atoms with Gasteiger partial charge in [0.25, 0.3) is 5.91 Å². The van der Waals surface area contributed by atoms with Crippen LogP contribution in [-0.4, -0.2) is 16.1 Å². The molecule has 1 amide bonds. The normalized spacial score (nSPS) is 10.3. The SMILES string of the molecule is O=C(NNC(=S)NCc1ccc(F)cc1)c1cc2ccccc2cc1O. The van der Waals surface area contributed by atoms with Crippen molar-refractivity contribution in [1.29, 1.82) is 0 Å². The summed E-state index contributed by atoms with van der Waals surface area (Å²) in [5, 5.41) is 14.8. The first-order valence-electron chi connectivity index (χ1n) is 7.83. The van der Waals surface area contributed by atoms with Gasteiger partial charge in [0.1, 0.15) is 11.6 Å². The van der Waals surface area contributed by atoms with E-state index in [-0.39, 0.29) is 22.2 Å². The Bertz CT molecular complexity index is 961. The summed E-state index contributed by atoms with van der Waals surface area (Å²) in [6.07, 6.45) is 0. The van der Waals surface area contributed by atoms with Crippen LogP contribution in [0.15, 0.2) is 60.7 Å². The summed E-state index contributed by atoms with van der Waals surface area (Å²) in [7, 11) is 0. The number of hydrogen-bond acceptors (Lipinski definition) is 3. The second-order valence-electron chi connectivity index (χ2n) is 5.60. The molecule has 3 aromatic rings. The molecule has 7 heteroatoms. The quantitative estimate of drug-likeness (QED) is 0.422. The highest BCUT2D eigenvalue weighted by atomic mass is 32.1. The molecule has 0 spiro atoms. The highest BCUT2D eigenvalue weighted by Crippen LogP contribution is 2.24. The number of amides is 1. The van der Waals surface area contributed by atoms with E-state index in [2.05, 4.69) is 16.2 Å². The molecule has 3 aromatic carbocycles. The molecule has 4 N–H and O–H groups in total. The number of carbonyl (C=O) groups is 1. The summed E-state index contributed by atoms with van der Waals surface area (Å²) in [5.74, 6) is -0.940. The molecule has 0 saturated carbocycles. The second kappa shape index (κ2) is 7.79. The summed E-state index contributed by atoms with van der Waals surface area (Å²) < 4.78 is 12.9. The van der Waals surface area contributed by atoms with E-state index in [0.29, 0.717) is 6.54 Å². The number of benzene rings is 3. The van der Waals surface area contributed by atoms with Gasteiger partial charge in [0.05, 0.1) is 5.56 Å². The van der Waals surface area contributed by atoms with Crippen molar-refractivity contribution < 1.29 is 14.3 Å². The summed E-state index contributed by atoms with van der Waals surface area (Å²) in [6.45, 7) is 0.378. The van der Waals surface area contributed by atoms with Gasteiger partial charge in [-0.2, -0.15) is 0 Å². The number of phenolic OH excluding ortho intramolecular Hbond substituents is 1. The highest BCUT2D eigenvalue weighted by Gasteiger charge is 2.12. The number of aromatic hydroxyl groups is 1. The van der Waals surface area contributed by atoms with Gasteiger partial charge in [-0.05, 0) is 52.8 Å². The van der Waals surface area contributed by atoms with E-state index in [4.69, 9.17) is 12.2 Å². The molecule has 0 heterocycles. The lowest BCUT2D eigenvalue weighted by atomic mass is 10.1. The monoisotopic (exact) mass is 369 g/mol. The average molecular weight is 369 g/mol. The fourth-order valence-corrected chi connectivity index (χ4v) is 2.54. The average Bonchev–Trinajstić information content (AvgIpc) is 2.65. The van der Waals surface area contributed by atoms with Crippen LogP contribution < -0.4 is 16.2 Å². The molecule has 0 aliphatic heterocycles. The minimum Gasteiger partial charge on any atom is -0.507 e. The van der Waals surface area contributed by atoms with Crippen molar-refractivity contribution in [3.05, 3.63) is 77.6 Å². The number of thiocarbonyl (C=S) groups is 1. The minimum atomic E-state index is -0.515. The van der Waals surface area contributed by atoms with Crippen LogP contribution in [0.2, 0.25) is 0 Å². The van der Waals surface area contributed by atoms with E-state index in [9.17, 15) is 14.3 Å². The van der Waals surface area contributed by atoms with Gasteiger partial charge in [-0.3, -0.25) is 15.6 Å². The maximum Gasteiger partial charge on any atom is 0.273 e. The third kappa shape index (κ3) is 4.25. The van der Waals surface area contributed by atoms with E-state index >= 15 is 0 Å². The fourth-order valence-electron chi connectivity index (χ4n) is 2.42. The molecule has 0 radical (unpaired) electrons. The van der Waals surface area contributed by atoms with Gasteiger partial charge in [-0.1, -0.05) is 36.4 Å². The highest BCUT2D eigenvalue weighted by molar-refractivity contribution is 7.80. The number of hydrazine groups is 1. The topological polar surface area (TPSA) is 73.4 Å². The molecular formula is C19H16FN3O2S. The van der Waals surface area contributed by atoms with Crippen molar-refractivity contribution >= 4 is 34.0 Å². The molecule has 0 atom stereocenters. The van der Waals surface area contributed by atoms with Crippen LogP contribution in [0.4, 0.5) is 4.39 Å². The van der Waals surface area contributed by atoms with E-state index in [1.54, 1.807) is 18.2 Å². The zero-order chi connectivity index (χ0) is 18.5. The number of carbonyl (C=O) groups excluding carboxylic acids is 1. The van der Waals surface area contributed by atoms with Gasteiger partial charge >= 0.3 is 0 Å². The minimum absolute atomic E-state index is 0.117. The molecular weight excluding hydrogens is 353 g/mol. The predicted octanol–water partition coefficient (Wildman–Crippen LogP) is 2.99. The van der Waals surface area contributed by atoms with E-state index in [1.807, 2.05) is 24.3 Å². The Morgan fingerprint density at radius 1 is 1.00 bits per heavy atom. The van der Waals surface area contributed by atoms with Crippen LogP contribution in [-0.2, 0) is 6.54 Å². The fraction of sp³-hybridized carbons (Fsp3) is 0.0526. The van der Waals surface area contributed by atoms with E-state index in [1.165, 1.54) is 18.2 Å². The van der Waals surface area contributed by atoms with Crippen LogP contribution in [0.5, 0.6) is 5.75 Å². The lowest BCUT2D eigenvalue weighted by molar-refractivity contribution is 0.0941. The van der Waals surface area contributed by atoms with Crippen molar-refractivity contribution in [1.82, 2.24) is 16.2 Å². The Morgan fingerprint density at radius 2 is 1.65 bits per heavy atom. The molecule has 0 fully saturated rings. The Hall–Kier alpha value is -3.19.